The molecule has 0 aliphatic carbocycles. The SMILES string of the molecule is CC1CCCc2nc(Cc3ccccc3O)nn21. The predicted molar refractivity (Wildman–Crippen MR) is 68.6 cm³/mol. The quantitative estimate of drug-likeness (QED) is 0.881. The first-order chi connectivity index (χ1) is 8.74. The van der Waals surface area contributed by atoms with E-state index in [2.05, 4.69) is 17.0 Å². The van der Waals surface area contributed by atoms with Crippen LogP contribution in [0.4, 0.5) is 0 Å². The molecule has 0 bridgehead atoms. The van der Waals surface area contributed by atoms with Gasteiger partial charge in [-0.2, -0.15) is 5.10 Å². The maximum absolute atomic E-state index is 9.76. The third-order valence-electron chi connectivity index (χ3n) is 3.53. The number of aromatic hydroxyl groups is 1. The second kappa shape index (κ2) is 4.44. The van der Waals surface area contributed by atoms with Gasteiger partial charge in [0.05, 0.1) is 6.04 Å². The fourth-order valence-corrected chi connectivity index (χ4v) is 2.51. The highest BCUT2D eigenvalue weighted by Gasteiger charge is 2.19. The minimum Gasteiger partial charge on any atom is -0.508 e. The van der Waals surface area contributed by atoms with Gasteiger partial charge in [0, 0.05) is 18.4 Å². The maximum Gasteiger partial charge on any atom is 0.155 e. The Bertz CT molecular complexity index is 562. The van der Waals surface area contributed by atoms with Crippen LogP contribution in [0.25, 0.3) is 0 Å². The predicted octanol–water partition coefficient (Wildman–Crippen LogP) is 2.47. The standard InChI is InChI=1S/C14H17N3O/c1-10-5-4-8-14-15-13(16-17(10)14)9-11-6-2-3-7-12(11)18/h2-3,6-7,10,18H,4-5,8-9H2,1H3. The van der Waals surface area contributed by atoms with Gasteiger partial charge >= 0.3 is 0 Å². The molecule has 1 aromatic heterocycles. The van der Waals surface area contributed by atoms with Gasteiger partial charge < -0.3 is 5.11 Å². The van der Waals surface area contributed by atoms with Crippen LogP contribution in [0.2, 0.25) is 0 Å². The molecule has 0 saturated heterocycles. The molecule has 18 heavy (non-hydrogen) atoms. The molecule has 1 aliphatic heterocycles. The number of benzene rings is 1. The first-order valence-corrected chi connectivity index (χ1v) is 6.45. The summed E-state index contributed by atoms with van der Waals surface area (Å²) in [6.45, 7) is 2.18. The lowest BCUT2D eigenvalue weighted by atomic mass is 10.1. The van der Waals surface area contributed by atoms with Crippen LogP contribution in [-0.4, -0.2) is 19.9 Å². The molecule has 0 saturated carbocycles. The van der Waals surface area contributed by atoms with Crippen molar-refractivity contribution in [3.63, 3.8) is 0 Å². The van der Waals surface area contributed by atoms with Gasteiger partial charge in [-0.15, -0.1) is 0 Å². The number of hydrogen-bond acceptors (Lipinski definition) is 3. The largest absolute Gasteiger partial charge is 0.508 e. The van der Waals surface area contributed by atoms with Crippen LogP contribution in [0.15, 0.2) is 24.3 Å². The van der Waals surface area contributed by atoms with Gasteiger partial charge in [-0.05, 0) is 25.8 Å². The summed E-state index contributed by atoms with van der Waals surface area (Å²) < 4.78 is 2.04. The van der Waals surface area contributed by atoms with Gasteiger partial charge in [-0.3, -0.25) is 0 Å². The van der Waals surface area contributed by atoms with Crippen molar-refractivity contribution in [3.8, 4) is 5.75 Å². The zero-order valence-corrected chi connectivity index (χ0v) is 10.5. The highest BCUT2D eigenvalue weighted by atomic mass is 16.3. The normalized spacial score (nSPS) is 18.6. The molecule has 1 unspecified atom stereocenters. The Morgan fingerprint density at radius 2 is 2.22 bits per heavy atom. The first-order valence-electron chi connectivity index (χ1n) is 6.45. The third-order valence-corrected chi connectivity index (χ3v) is 3.53. The Morgan fingerprint density at radius 3 is 3.00 bits per heavy atom. The summed E-state index contributed by atoms with van der Waals surface area (Å²) in [4.78, 5) is 4.58. The van der Waals surface area contributed by atoms with Crippen molar-refractivity contribution < 1.29 is 5.11 Å². The van der Waals surface area contributed by atoms with E-state index >= 15 is 0 Å². The van der Waals surface area contributed by atoms with E-state index < -0.39 is 0 Å². The number of hydrogen-bond donors (Lipinski definition) is 1. The van der Waals surface area contributed by atoms with E-state index in [1.165, 1.54) is 12.8 Å². The van der Waals surface area contributed by atoms with Crippen LogP contribution in [0, 0.1) is 0 Å². The Morgan fingerprint density at radius 1 is 1.39 bits per heavy atom. The lowest BCUT2D eigenvalue weighted by Gasteiger charge is -2.18. The molecule has 4 heteroatoms. The van der Waals surface area contributed by atoms with Crippen molar-refractivity contribution in [2.45, 2.75) is 38.6 Å². The summed E-state index contributed by atoms with van der Waals surface area (Å²) >= 11 is 0. The van der Waals surface area contributed by atoms with Crippen molar-refractivity contribution in [1.29, 1.82) is 0 Å². The fourth-order valence-electron chi connectivity index (χ4n) is 2.51. The molecule has 2 heterocycles. The van der Waals surface area contributed by atoms with E-state index in [0.717, 1.165) is 23.6 Å². The van der Waals surface area contributed by atoms with Gasteiger partial charge in [0.25, 0.3) is 0 Å². The molecular weight excluding hydrogens is 226 g/mol. The van der Waals surface area contributed by atoms with Gasteiger partial charge in [0.2, 0.25) is 0 Å². The Balaban J connectivity index is 1.88. The van der Waals surface area contributed by atoms with E-state index in [1.54, 1.807) is 6.07 Å². The summed E-state index contributed by atoms with van der Waals surface area (Å²) in [5.74, 6) is 2.21. The third kappa shape index (κ3) is 1.98. The topological polar surface area (TPSA) is 50.9 Å². The van der Waals surface area contributed by atoms with Crippen molar-refractivity contribution in [2.75, 3.05) is 0 Å². The smallest absolute Gasteiger partial charge is 0.155 e. The molecule has 1 N–H and O–H groups in total. The first kappa shape index (κ1) is 11.3. The average molecular weight is 243 g/mol. The van der Waals surface area contributed by atoms with Gasteiger partial charge in [0.1, 0.15) is 11.6 Å². The van der Waals surface area contributed by atoms with Gasteiger partial charge in [-0.1, -0.05) is 18.2 Å². The second-order valence-corrected chi connectivity index (χ2v) is 4.94. The zero-order valence-electron chi connectivity index (χ0n) is 10.5. The van der Waals surface area contributed by atoms with Crippen molar-refractivity contribution in [3.05, 3.63) is 41.5 Å². The number of aryl methyl sites for hydroxylation is 1. The van der Waals surface area contributed by atoms with Gasteiger partial charge in [0.15, 0.2) is 5.82 Å². The van der Waals surface area contributed by atoms with Crippen LogP contribution >= 0.6 is 0 Å². The van der Waals surface area contributed by atoms with E-state index in [-0.39, 0.29) is 0 Å². The van der Waals surface area contributed by atoms with Crippen molar-refractivity contribution in [1.82, 2.24) is 14.8 Å². The Hall–Kier alpha value is -1.84. The summed E-state index contributed by atoms with van der Waals surface area (Å²) in [5, 5.41) is 14.3. The fraction of sp³-hybridized carbons (Fsp3) is 0.429. The van der Waals surface area contributed by atoms with Crippen molar-refractivity contribution in [2.24, 2.45) is 0 Å². The summed E-state index contributed by atoms with van der Waals surface area (Å²) in [6, 6.07) is 7.81. The molecule has 4 nitrogen and oxygen atoms in total. The lowest BCUT2D eigenvalue weighted by Crippen LogP contribution is -2.16. The molecule has 2 aromatic rings. The number of phenolic OH excluding ortho intramolecular Hbond substituents is 1. The minimum absolute atomic E-state index is 0.318. The van der Waals surface area contributed by atoms with Crippen LogP contribution in [0.1, 0.15) is 43.0 Å². The summed E-state index contributed by atoms with van der Waals surface area (Å²) in [7, 11) is 0. The molecule has 1 aliphatic rings. The molecule has 0 spiro atoms. The Kier molecular flexibility index (Phi) is 2.78. The number of aromatic nitrogens is 3. The average Bonchev–Trinajstić information content (AvgIpc) is 2.76. The van der Waals surface area contributed by atoms with E-state index in [0.29, 0.717) is 18.2 Å². The van der Waals surface area contributed by atoms with Crippen LogP contribution in [-0.2, 0) is 12.8 Å². The molecule has 1 atom stereocenters. The van der Waals surface area contributed by atoms with Crippen LogP contribution in [0.3, 0.4) is 0 Å². The number of fused-ring (bicyclic) bond motifs is 1. The maximum atomic E-state index is 9.76. The highest BCUT2D eigenvalue weighted by molar-refractivity contribution is 5.33. The molecule has 1 aromatic carbocycles. The highest BCUT2D eigenvalue weighted by Crippen LogP contribution is 2.24. The molecule has 3 rings (SSSR count). The summed E-state index contributed by atoms with van der Waals surface area (Å²) in [5.41, 5.74) is 0.883. The lowest BCUT2D eigenvalue weighted by molar-refractivity contribution is 0.387. The monoisotopic (exact) mass is 243 g/mol. The van der Waals surface area contributed by atoms with Crippen LogP contribution < -0.4 is 0 Å². The molecule has 0 radical (unpaired) electrons. The van der Waals surface area contributed by atoms with Gasteiger partial charge in [-0.25, -0.2) is 9.67 Å². The molecular formula is C14H17N3O. The van der Waals surface area contributed by atoms with E-state index in [4.69, 9.17) is 0 Å². The molecule has 0 fully saturated rings. The Labute approximate surface area is 106 Å². The zero-order chi connectivity index (χ0) is 12.5. The van der Waals surface area contributed by atoms with Crippen molar-refractivity contribution >= 4 is 0 Å². The minimum atomic E-state index is 0.318. The van der Waals surface area contributed by atoms with E-state index in [1.807, 2.05) is 22.9 Å². The number of rotatable bonds is 2. The number of phenols is 1. The second-order valence-electron chi connectivity index (χ2n) is 4.94. The number of para-hydroxylation sites is 1. The molecule has 94 valence electrons. The summed E-state index contributed by atoms with van der Waals surface area (Å²) in [6.07, 6.45) is 3.97. The van der Waals surface area contributed by atoms with E-state index in [9.17, 15) is 5.11 Å². The van der Waals surface area contributed by atoms with Crippen LogP contribution in [0.5, 0.6) is 5.75 Å². The molecule has 0 amide bonds. The number of nitrogens with zero attached hydrogens (tertiary/aromatic N) is 3.